The highest BCUT2D eigenvalue weighted by Crippen LogP contribution is 2.51. The van der Waals surface area contributed by atoms with Crippen LogP contribution in [0, 0.1) is 26.2 Å². The molecule has 0 aromatic heterocycles. The van der Waals surface area contributed by atoms with Crippen molar-refractivity contribution in [3.63, 3.8) is 0 Å². The minimum Gasteiger partial charge on any atom is -0.364 e. The van der Waals surface area contributed by atoms with Crippen LogP contribution < -0.4 is 0 Å². The summed E-state index contributed by atoms with van der Waals surface area (Å²) in [5, 5.41) is 37.6. The Morgan fingerprint density at radius 2 is 0.828 bits per heavy atom. The van der Waals surface area contributed by atoms with Gasteiger partial charge >= 0.3 is 0 Å². The van der Waals surface area contributed by atoms with Crippen LogP contribution in [0.25, 0.3) is 16.7 Å². The molecule has 6 rings (SSSR count). The van der Waals surface area contributed by atoms with E-state index in [1.54, 1.807) is 0 Å². The quantitative estimate of drug-likeness (QED) is 0.192. The van der Waals surface area contributed by atoms with Crippen LogP contribution in [0.5, 0.6) is 0 Å². The lowest BCUT2D eigenvalue weighted by Gasteiger charge is -2.35. The average molecular weight is 898 g/mol. The molecule has 3 aromatic carbocycles. The molecule has 0 saturated carbocycles. The molecule has 0 fully saturated rings. The van der Waals surface area contributed by atoms with E-state index in [0.717, 1.165) is 17.5 Å². The van der Waals surface area contributed by atoms with E-state index in [4.69, 9.17) is 0 Å². The van der Waals surface area contributed by atoms with E-state index in [1.165, 1.54) is 75.5 Å². The van der Waals surface area contributed by atoms with Crippen LogP contribution in [-0.4, -0.2) is 29.9 Å². The summed E-state index contributed by atoms with van der Waals surface area (Å²) in [5.41, 5.74) is 18.1. The Labute approximate surface area is 371 Å². The molecule has 0 unspecified atom stereocenters. The maximum atomic E-state index is 9.40. The van der Waals surface area contributed by atoms with Gasteiger partial charge in [0.2, 0.25) is 0 Å². The van der Waals surface area contributed by atoms with Crippen molar-refractivity contribution in [3.8, 4) is 0 Å². The predicted octanol–water partition coefficient (Wildman–Crippen LogP) is 15.5. The monoisotopic (exact) mass is 896 g/mol. The van der Waals surface area contributed by atoms with E-state index in [9.17, 15) is 20.4 Å². The summed E-state index contributed by atoms with van der Waals surface area (Å²) in [6.45, 7) is 44.8. The fourth-order valence-corrected chi connectivity index (χ4v) is 10.9. The van der Waals surface area contributed by atoms with Crippen molar-refractivity contribution >= 4 is 56.2 Å². The zero-order valence-electron chi connectivity index (χ0n) is 39.8. The lowest BCUT2D eigenvalue weighted by atomic mass is 9.69. The summed E-state index contributed by atoms with van der Waals surface area (Å²) in [5.74, 6) is 0. The molecule has 0 saturated heterocycles. The summed E-state index contributed by atoms with van der Waals surface area (Å²) in [7, 11) is 0. The summed E-state index contributed by atoms with van der Waals surface area (Å²) in [6, 6.07) is 12.1. The van der Waals surface area contributed by atoms with E-state index in [-0.39, 0.29) is 14.9 Å². The molecule has 0 bridgehead atoms. The zero-order valence-corrected chi connectivity index (χ0v) is 43.0. The molecule has 58 heavy (non-hydrogen) atoms. The Bertz CT molecular complexity index is 1900. The van der Waals surface area contributed by atoms with Gasteiger partial charge in [-0.25, -0.2) is 0 Å². The third kappa shape index (κ3) is 11.6. The fourth-order valence-electron chi connectivity index (χ4n) is 7.76. The van der Waals surface area contributed by atoms with E-state index in [2.05, 4.69) is 118 Å². The first kappa shape index (κ1) is 53.9. The normalized spacial score (nSPS) is 16.8. The van der Waals surface area contributed by atoms with Crippen molar-refractivity contribution in [2.24, 2.45) is 5.41 Å². The molecule has 1 aliphatic carbocycles. The van der Waals surface area contributed by atoms with Gasteiger partial charge in [-0.15, -0.1) is 23.5 Å². The average Bonchev–Trinajstić information content (AvgIpc) is 3.16. The first-order chi connectivity index (χ1) is 26.9. The second-order valence-electron chi connectivity index (χ2n) is 16.3. The zero-order chi connectivity index (χ0) is 45.4. The Morgan fingerprint density at radius 3 is 1.24 bits per heavy atom. The van der Waals surface area contributed by atoms with Crippen LogP contribution in [0.3, 0.4) is 0 Å². The molecule has 0 atom stereocenters. The molecular formula is C51H77BrO4S2. The Balaban J connectivity index is 0.000000408. The highest BCUT2D eigenvalue weighted by Gasteiger charge is 2.33. The van der Waals surface area contributed by atoms with E-state index in [1.807, 2.05) is 103 Å². The van der Waals surface area contributed by atoms with Crippen LogP contribution in [0.4, 0.5) is 0 Å². The lowest BCUT2D eigenvalue weighted by molar-refractivity contribution is -0.0435. The lowest BCUT2D eigenvalue weighted by Crippen LogP contribution is -2.23. The molecule has 4 N–H and O–H groups in total. The molecule has 3 aliphatic rings. The number of hydrogen-bond donors (Lipinski definition) is 4. The number of rotatable bonds is 2. The van der Waals surface area contributed by atoms with Gasteiger partial charge in [-0.3, -0.25) is 0 Å². The first-order valence-corrected chi connectivity index (χ1v) is 23.5. The van der Waals surface area contributed by atoms with Gasteiger partial charge in [0, 0.05) is 34.9 Å². The number of aliphatic hydroxyl groups is 4. The fraction of sp³-hybridized carbons (Fsp3) is 0.529. The second kappa shape index (κ2) is 22.1. The molecule has 0 spiro atoms. The third-order valence-electron chi connectivity index (χ3n) is 12.0. The van der Waals surface area contributed by atoms with Crippen LogP contribution in [0.1, 0.15) is 187 Å². The maximum absolute atomic E-state index is 9.40. The summed E-state index contributed by atoms with van der Waals surface area (Å²) in [6.07, 6.45) is -1.78. The summed E-state index contributed by atoms with van der Waals surface area (Å²) < 4.78 is 1.53. The van der Waals surface area contributed by atoms with Gasteiger partial charge in [-0.1, -0.05) is 106 Å². The van der Waals surface area contributed by atoms with Gasteiger partial charge in [-0.05, 0) is 176 Å². The van der Waals surface area contributed by atoms with Gasteiger partial charge < -0.3 is 20.4 Å². The van der Waals surface area contributed by atoms with E-state index < -0.39 is 12.6 Å². The highest BCUT2D eigenvalue weighted by molar-refractivity contribution is 9.10. The number of benzene rings is 3. The summed E-state index contributed by atoms with van der Waals surface area (Å²) >= 11 is 7.43. The van der Waals surface area contributed by atoms with E-state index in [0.29, 0.717) is 11.1 Å². The minimum absolute atomic E-state index is 0.100. The Morgan fingerprint density at radius 1 is 0.483 bits per heavy atom. The summed E-state index contributed by atoms with van der Waals surface area (Å²) in [4.78, 5) is 2.64. The Kier molecular flexibility index (Phi) is 20.6. The third-order valence-corrected chi connectivity index (χ3v) is 15.6. The molecule has 4 nitrogen and oxygen atoms in total. The predicted molar refractivity (Wildman–Crippen MR) is 262 cm³/mol. The highest BCUT2D eigenvalue weighted by atomic mass is 79.9. The molecule has 7 heteroatoms. The van der Waals surface area contributed by atoms with E-state index >= 15 is 0 Å². The Hall–Kier alpha value is -2.10. The van der Waals surface area contributed by atoms with Crippen molar-refractivity contribution in [3.05, 3.63) is 108 Å². The smallest absolute Gasteiger partial charge is 0.178 e. The molecule has 2 aliphatic heterocycles. The van der Waals surface area contributed by atoms with Crippen molar-refractivity contribution in [1.29, 1.82) is 0 Å². The maximum Gasteiger partial charge on any atom is 0.178 e. The number of thioether (sulfide) groups is 2. The number of hydrogen-bond acceptors (Lipinski definition) is 6. The van der Waals surface area contributed by atoms with Crippen molar-refractivity contribution in [2.75, 3.05) is 0 Å². The molecule has 0 radical (unpaired) electrons. The number of aliphatic hydroxyl groups excluding tert-OH is 2. The molecule has 2 heterocycles. The standard InChI is InChI=1S/C16H22O2.C15H20O2S.C14H17BrS.3C2H6/c1-9-11(3)16(4,5)8-12-6-7-13(15(17)18)10(2)14(9)12;1-8-10(3)15(4,5)18-12-7-6-11(14(16)17)9(2)13(8)12;1-8-10(3)14(4,5)16-12-7-6-11(15)9(2)13(8)12;3*1-2/h6-7,15,17-18H,8H2,1-5H3;6-7,14,16-17H,1-5H3;6-7H,1-5H3;3*1-2H3. The first-order valence-electron chi connectivity index (χ1n) is 21.1. The number of allylic oxidation sites excluding steroid dienone is 4. The largest absolute Gasteiger partial charge is 0.364 e. The van der Waals surface area contributed by atoms with Crippen molar-refractivity contribution in [1.82, 2.24) is 0 Å². The van der Waals surface area contributed by atoms with Gasteiger partial charge in [0.15, 0.2) is 12.6 Å². The van der Waals surface area contributed by atoms with Crippen LogP contribution in [-0.2, 0) is 6.42 Å². The van der Waals surface area contributed by atoms with Crippen LogP contribution in [0.2, 0.25) is 0 Å². The van der Waals surface area contributed by atoms with Crippen LogP contribution >= 0.6 is 39.5 Å². The van der Waals surface area contributed by atoms with Gasteiger partial charge in [0.1, 0.15) is 0 Å². The van der Waals surface area contributed by atoms with Gasteiger partial charge in [-0.2, -0.15) is 0 Å². The van der Waals surface area contributed by atoms with Gasteiger partial charge in [0.25, 0.3) is 0 Å². The molecule has 0 amide bonds. The SMILES string of the molecule is CC.CC.CC.CC1=C(C)C(C)(C)Cc2ccc(C(O)O)c(C)c21.CC1=C(C)C(C)(C)Sc2ccc(Br)c(C)c21.CC1=C(C)C(C)(C)Sc2ccc(C(O)O)c(C)c21. The minimum atomic E-state index is -1.40. The topological polar surface area (TPSA) is 80.9 Å². The van der Waals surface area contributed by atoms with Gasteiger partial charge in [0.05, 0.1) is 0 Å². The molecular weight excluding hydrogens is 821 g/mol. The molecule has 3 aromatic rings. The van der Waals surface area contributed by atoms with Crippen molar-refractivity contribution < 1.29 is 20.4 Å². The second-order valence-corrected chi connectivity index (χ2v) is 20.5. The molecule has 324 valence electrons. The number of halogens is 1. The number of fused-ring (bicyclic) bond motifs is 3. The van der Waals surface area contributed by atoms with Crippen molar-refractivity contribution in [2.45, 2.75) is 184 Å². The van der Waals surface area contributed by atoms with Crippen LogP contribution in [0.15, 0.2) is 67.4 Å².